The van der Waals surface area contributed by atoms with Gasteiger partial charge in [-0.2, -0.15) is 0 Å². The topological polar surface area (TPSA) is 54.0 Å². The molecular weight excluding hydrogens is 368 g/mol. The maximum Gasteiger partial charge on any atom is 0.169 e. The van der Waals surface area contributed by atoms with Crippen LogP contribution in [0, 0.1) is 11.3 Å². The van der Waals surface area contributed by atoms with Gasteiger partial charge in [-0.15, -0.1) is 0 Å². The number of hydrogen-bond acceptors (Lipinski definition) is 5. The first-order valence-electron chi connectivity index (χ1n) is 11.7. The van der Waals surface area contributed by atoms with Crippen LogP contribution in [0.1, 0.15) is 85.0 Å². The summed E-state index contributed by atoms with van der Waals surface area (Å²) < 4.78 is 24.6. The molecule has 3 rings (SSSR count). The average molecular weight is 409 g/mol. The maximum atomic E-state index is 10.6. The molecule has 5 heteroatoms. The minimum Gasteiger partial charge on any atom is -0.353 e. The number of aldehydes is 1. The van der Waals surface area contributed by atoms with Crippen molar-refractivity contribution in [3.05, 3.63) is 12.2 Å². The molecule has 0 amide bonds. The van der Waals surface area contributed by atoms with E-state index >= 15 is 0 Å². The quantitative estimate of drug-likeness (QED) is 0.369. The molecule has 2 saturated heterocycles. The van der Waals surface area contributed by atoms with Crippen LogP contribution in [-0.2, 0) is 23.7 Å². The van der Waals surface area contributed by atoms with Gasteiger partial charge in [0.25, 0.3) is 0 Å². The van der Waals surface area contributed by atoms with Gasteiger partial charge in [-0.3, -0.25) is 0 Å². The highest BCUT2D eigenvalue weighted by molar-refractivity contribution is 5.49. The highest BCUT2D eigenvalue weighted by Gasteiger charge is 2.46. The van der Waals surface area contributed by atoms with Crippen LogP contribution >= 0.6 is 0 Å². The Morgan fingerprint density at radius 3 is 2.86 bits per heavy atom. The van der Waals surface area contributed by atoms with Crippen LogP contribution in [0.25, 0.3) is 0 Å². The van der Waals surface area contributed by atoms with Gasteiger partial charge in [0.15, 0.2) is 12.1 Å². The first kappa shape index (κ1) is 22.9. The number of rotatable bonds is 10. The Morgan fingerprint density at radius 1 is 1.28 bits per heavy atom. The summed E-state index contributed by atoms with van der Waals surface area (Å²) in [5.41, 5.74) is 0.0721. The van der Waals surface area contributed by atoms with Gasteiger partial charge in [-0.25, -0.2) is 0 Å². The van der Waals surface area contributed by atoms with E-state index in [-0.39, 0.29) is 23.9 Å². The van der Waals surface area contributed by atoms with Crippen LogP contribution in [0.3, 0.4) is 0 Å². The van der Waals surface area contributed by atoms with Crippen molar-refractivity contribution in [1.29, 1.82) is 0 Å². The zero-order valence-corrected chi connectivity index (χ0v) is 18.6. The third kappa shape index (κ3) is 6.36. The molecule has 166 valence electrons. The van der Waals surface area contributed by atoms with E-state index in [9.17, 15) is 4.79 Å². The summed E-state index contributed by atoms with van der Waals surface area (Å²) >= 11 is 0. The second-order valence-electron chi connectivity index (χ2n) is 9.68. The summed E-state index contributed by atoms with van der Waals surface area (Å²) in [5.74, 6) is 0.000240. The molecule has 0 aromatic rings. The molecule has 0 N–H and O–H groups in total. The van der Waals surface area contributed by atoms with E-state index in [1.165, 1.54) is 6.42 Å². The van der Waals surface area contributed by atoms with Gasteiger partial charge >= 0.3 is 0 Å². The highest BCUT2D eigenvalue weighted by Crippen LogP contribution is 2.44. The van der Waals surface area contributed by atoms with Gasteiger partial charge < -0.3 is 23.7 Å². The lowest BCUT2D eigenvalue weighted by molar-refractivity contribution is -0.197. The number of carbonyl (C=O) groups excluding carboxylic acids is 1. The fourth-order valence-electron chi connectivity index (χ4n) is 4.94. The van der Waals surface area contributed by atoms with E-state index in [0.29, 0.717) is 18.9 Å². The van der Waals surface area contributed by atoms with Crippen molar-refractivity contribution in [3.8, 4) is 0 Å². The Balaban J connectivity index is 1.58. The summed E-state index contributed by atoms with van der Waals surface area (Å²) in [5, 5.41) is 0. The van der Waals surface area contributed by atoms with Crippen LogP contribution in [-0.4, -0.2) is 43.8 Å². The Hall–Kier alpha value is -0.750. The smallest absolute Gasteiger partial charge is 0.169 e. The minimum absolute atomic E-state index is 0.0489. The third-order valence-electron chi connectivity index (χ3n) is 6.65. The van der Waals surface area contributed by atoms with E-state index in [1.54, 1.807) is 0 Å². The van der Waals surface area contributed by atoms with Crippen molar-refractivity contribution in [2.75, 3.05) is 13.2 Å². The Morgan fingerprint density at radius 2 is 2.14 bits per heavy atom. The van der Waals surface area contributed by atoms with Gasteiger partial charge in [0.05, 0.1) is 18.8 Å². The number of hydrogen-bond donors (Lipinski definition) is 0. The van der Waals surface area contributed by atoms with E-state index in [1.807, 2.05) is 0 Å². The summed E-state index contributed by atoms with van der Waals surface area (Å²) in [6, 6.07) is 0. The molecule has 0 bridgehead atoms. The number of allylic oxidation sites excluding steroid dienone is 1. The molecule has 1 aliphatic carbocycles. The molecule has 3 fully saturated rings. The van der Waals surface area contributed by atoms with Gasteiger partial charge in [0, 0.05) is 25.9 Å². The van der Waals surface area contributed by atoms with Crippen molar-refractivity contribution in [1.82, 2.24) is 0 Å². The van der Waals surface area contributed by atoms with Crippen LogP contribution < -0.4 is 0 Å². The SMILES string of the molecule is CCCC(C)(C)C(C=CC1CCC2(C1)OCC(CCC=O)O2)OC1CCCCO1. The fourth-order valence-corrected chi connectivity index (χ4v) is 4.94. The zero-order valence-electron chi connectivity index (χ0n) is 18.6. The molecule has 29 heavy (non-hydrogen) atoms. The average Bonchev–Trinajstić information content (AvgIpc) is 3.30. The third-order valence-corrected chi connectivity index (χ3v) is 6.65. The monoisotopic (exact) mass is 408 g/mol. The van der Waals surface area contributed by atoms with E-state index in [2.05, 4.69) is 32.9 Å². The lowest BCUT2D eigenvalue weighted by Gasteiger charge is -2.36. The molecule has 5 nitrogen and oxygen atoms in total. The van der Waals surface area contributed by atoms with Gasteiger partial charge in [0.1, 0.15) is 6.29 Å². The van der Waals surface area contributed by atoms with Crippen molar-refractivity contribution >= 4 is 6.29 Å². The summed E-state index contributed by atoms with van der Waals surface area (Å²) in [4.78, 5) is 10.6. The van der Waals surface area contributed by atoms with Crippen LogP contribution in [0.15, 0.2) is 12.2 Å². The first-order valence-corrected chi connectivity index (χ1v) is 11.7. The van der Waals surface area contributed by atoms with Crippen LogP contribution in [0.4, 0.5) is 0 Å². The summed E-state index contributed by atoms with van der Waals surface area (Å²) in [6.45, 7) is 8.24. The number of carbonyl (C=O) groups is 1. The van der Waals surface area contributed by atoms with Crippen molar-refractivity contribution in [2.24, 2.45) is 11.3 Å². The largest absolute Gasteiger partial charge is 0.353 e. The van der Waals surface area contributed by atoms with Crippen molar-refractivity contribution in [2.45, 2.75) is 109 Å². The second kappa shape index (κ2) is 10.5. The number of ether oxygens (including phenoxy) is 4. The normalized spacial score (nSPS) is 34.2. The molecule has 3 aliphatic rings. The second-order valence-corrected chi connectivity index (χ2v) is 9.68. The van der Waals surface area contributed by atoms with Crippen LogP contribution in [0.5, 0.6) is 0 Å². The Kier molecular flexibility index (Phi) is 8.32. The predicted molar refractivity (Wildman–Crippen MR) is 112 cm³/mol. The van der Waals surface area contributed by atoms with E-state index < -0.39 is 5.79 Å². The minimum atomic E-state index is -0.440. The first-order chi connectivity index (χ1) is 14.0. The molecule has 0 aromatic heterocycles. The van der Waals surface area contributed by atoms with Crippen molar-refractivity contribution < 1.29 is 23.7 Å². The highest BCUT2D eigenvalue weighted by atomic mass is 16.7. The van der Waals surface area contributed by atoms with Gasteiger partial charge in [0.2, 0.25) is 0 Å². The molecule has 5 atom stereocenters. The van der Waals surface area contributed by atoms with E-state index in [4.69, 9.17) is 18.9 Å². The zero-order chi connectivity index (χ0) is 20.7. The maximum absolute atomic E-state index is 10.6. The van der Waals surface area contributed by atoms with Gasteiger partial charge in [-0.1, -0.05) is 39.3 Å². The molecule has 1 spiro atoms. The Labute approximate surface area is 176 Å². The lowest BCUT2D eigenvalue weighted by atomic mass is 9.81. The van der Waals surface area contributed by atoms with Crippen molar-refractivity contribution in [3.63, 3.8) is 0 Å². The molecule has 0 radical (unpaired) electrons. The predicted octanol–water partition coefficient (Wildman–Crippen LogP) is 5.17. The standard InChI is InChI=1S/C24H40O5/c1-4-13-23(2,3)21(28-22-9-5-6-16-26-22)11-10-19-12-14-24(17-19)27-18-20(29-24)8-7-15-25/h10-11,15,19-22H,4-9,12-14,16-18H2,1-3H3. The molecule has 2 aliphatic heterocycles. The van der Waals surface area contributed by atoms with Crippen LogP contribution in [0.2, 0.25) is 0 Å². The van der Waals surface area contributed by atoms with Gasteiger partial charge in [-0.05, 0) is 49.9 Å². The lowest BCUT2D eigenvalue weighted by Crippen LogP contribution is -2.36. The Bertz CT molecular complexity index is 539. The summed E-state index contributed by atoms with van der Waals surface area (Å²) in [7, 11) is 0. The summed E-state index contributed by atoms with van der Waals surface area (Å²) in [6.07, 6.45) is 15.3. The molecule has 1 saturated carbocycles. The molecule has 2 heterocycles. The molecular formula is C24H40O5. The fraction of sp³-hybridized carbons (Fsp3) is 0.875. The molecule has 5 unspecified atom stereocenters. The molecule has 0 aromatic carbocycles. The van der Waals surface area contributed by atoms with E-state index in [0.717, 1.165) is 64.3 Å².